The van der Waals surface area contributed by atoms with Crippen LogP contribution in [0.4, 0.5) is 5.69 Å². The van der Waals surface area contributed by atoms with Crippen molar-refractivity contribution in [3.05, 3.63) is 29.8 Å². The second-order valence-electron chi connectivity index (χ2n) is 5.71. The Bertz CT molecular complexity index is 436. The van der Waals surface area contributed by atoms with Crippen molar-refractivity contribution < 1.29 is 4.79 Å². The molecule has 0 radical (unpaired) electrons. The molecule has 0 heterocycles. The van der Waals surface area contributed by atoms with Crippen molar-refractivity contribution in [2.45, 2.75) is 52.0 Å². The SMILES string of the molecule is CCC1(C(=O)Nc2ccc(C(C)N)cc2)CCCC1.Cl. The molecular formula is C16H25ClN2O. The van der Waals surface area contributed by atoms with Crippen LogP contribution in [0.3, 0.4) is 0 Å². The van der Waals surface area contributed by atoms with E-state index < -0.39 is 0 Å². The lowest BCUT2D eigenvalue weighted by Gasteiger charge is -2.26. The molecule has 0 aliphatic heterocycles. The summed E-state index contributed by atoms with van der Waals surface area (Å²) >= 11 is 0. The zero-order chi connectivity index (χ0) is 13.9. The third-order valence-corrected chi connectivity index (χ3v) is 4.41. The number of carbonyl (C=O) groups is 1. The number of hydrogen-bond donors (Lipinski definition) is 2. The number of amides is 1. The molecule has 0 bridgehead atoms. The first-order valence-electron chi connectivity index (χ1n) is 7.24. The molecule has 1 aliphatic rings. The molecular weight excluding hydrogens is 272 g/mol. The molecule has 1 saturated carbocycles. The normalized spacial score (nSPS) is 18.1. The second-order valence-corrected chi connectivity index (χ2v) is 5.71. The first-order chi connectivity index (χ1) is 9.07. The first kappa shape index (κ1) is 17.0. The van der Waals surface area contributed by atoms with Crippen LogP contribution in [-0.4, -0.2) is 5.91 Å². The maximum atomic E-state index is 12.5. The van der Waals surface area contributed by atoms with Gasteiger partial charge in [-0.2, -0.15) is 0 Å². The zero-order valence-corrected chi connectivity index (χ0v) is 13.1. The summed E-state index contributed by atoms with van der Waals surface area (Å²) in [6, 6.07) is 7.87. The van der Waals surface area contributed by atoms with Gasteiger partial charge in [-0.1, -0.05) is 31.9 Å². The largest absolute Gasteiger partial charge is 0.326 e. The predicted octanol–water partition coefficient (Wildman–Crippen LogP) is 4.04. The molecule has 1 aromatic rings. The van der Waals surface area contributed by atoms with E-state index in [1.165, 1.54) is 12.8 Å². The monoisotopic (exact) mass is 296 g/mol. The molecule has 112 valence electrons. The van der Waals surface area contributed by atoms with Crippen molar-refractivity contribution in [2.24, 2.45) is 11.1 Å². The lowest BCUT2D eigenvalue weighted by atomic mass is 9.82. The van der Waals surface area contributed by atoms with Gasteiger partial charge in [0.15, 0.2) is 0 Å². The fourth-order valence-corrected chi connectivity index (χ4v) is 2.93. The molecule has 4 heteroatoms. The van der Waals surface area contributed by atoms with Gasteiger partial charge in [0.25, 0.3) is 0 Å². The second kappa shape index (κ2) is 7.09. The van der Waals surface area contributed by atoms with Crippen molar-refractivity contribution in [3.8, 4) is 0 Å². The number of anilines is 1. The molecule has 3 N–H and O–H groups in total. The summed E-state index contributed by atoms with van der Waals surface area (Å²) in [6.45, 7) is 4.07. The van der Waals surface area contributed by atoms with E-state index in [1.54, 1.807) is 0 Å². The topological polar surface area (TPSA) is 55.1 Å². The Balaban J connectivity index is 0.00000200. The van der Waals surface area contributed by atoms with Crippen molar-refractivity contribution >= 4 is 24.0 Å². The minimum Gasteiger partial charge on any atom is -0.326 e. The maximum Gasteiger partial charge on any atom is 0.230 e. The minimum absolute atomic E-state index is 0. The molecule has 0 saturated heterocycles. The Kier molecular flexibility index (Phi) is 6.03. The molecule has 1 atom stereocenters. The van der Waals surface area contributed by atoms with Gasteiger partial charge in [-0.25, -0.2) is 0 Å². The average Bonchev–Trinajstić information content (AvgIpc) is 2.89. The Morgan fingerprint density at radius 3 is 2.30 bits per heavy atom. The van der Waals surface area contributed by atoms with Gasteiger partial charge in [-0.15, -0.1) is 12.4 Å². The van der Waals surface area contributed by atoms with Crippen LogP contribution >= 0.6 is 12.4 Å². The van der Waals surface area contributed by atoms with Crippen molar-refractivity contribution in [3.63, 3.8) is 0 Å². The van der Waals surface area contributed by atoms with Gasteiger partial charge in [-0.05, 0) is 43.9 Å². The molecule has 3 nitrogen and oxygen atoms in total. The Morgan fingerprint density at radius 1 is 1.30 bits per heavy atom. The average molecular weight is 297 g/mol. The number of rotatable bonds is 4. The van der Waals surface area contributed by atoms with Gasteiger partial charge < -0.3 is 11.1 Å². The molecule has 0 spiro atoms. The summed E-state index contributed by atoms with van der Waals surface area (Å²) in [5, 5.41) is 3.06. The van der Waals surface area contributed by atoms with Crippen LogP contribution in [0.5, 0.6) is 0 Å². The zero-order valence-electron chi connectivity index (χ0n) is 12.3. The van der Waals surface area contributed by atoms with Gasteiger partial charge in [-0.3, -0.25) is 4.79 Å². The smallest absolute Gasteiger partial charge is 0.230 e. The van der Waals surface area contributed by atoms with Gasteiger partial charge >= 0.3 is 0 Å². The fourth-order valence-electron chi connectivity index (χ4n) is 2.93. The summed E-state index contributed by atoms with van der Waals surface area (Å²) < 4.78 is 0. The van der Waals surface area contributed by atoms with Crippen LogP contribution in [0.1, 0.15) is 57.6 Å². The fraction of sp³-hybridized carbons (Fsp3) is 0.562. The van der Waals surface area contributed by atoms with Crippen LogP contribution in [0.2, 0.25) is 0 Å². The summed E-state index contributed by atoms with van der Waals surface area (Å²) in [6.07, 6.45) is 5.31. The Hall–Kier alpha value is -1.06. The lowest BCUT2D eigenvalue weighted by molar-refractivity contribution is -0.125. The minimum atomic E-state index is -0.139. The molecule has 0 aromatic heterocycles. The highest BCUT2D eigenvalue weighted by molar-refractivity contribution is 5.95. The van der Waals surface area contributed by atoms with Gasteiger partial charge in [0.1, 0.15) is 0 Å². The van der Waals surface area contributed by atoms with Crippen molar-refractivity contribution in [1.82, 2.24) is 0 Å². The number of carbonyl (C=O) groups excluding carboxylic acids is 1. The summed E-state index contributed by atoms with van der Waals surface area (Å²) in [5.74, 6) is 0.182. The van der Waals surface area contributed by atoms with Gasteiger partial charge in [0.05, 0.1) is 0 Å². The number of benzene rings is 1. The van der Waals surface area contributed by atoms with Crippen LogP contribution < -0.4 is 11.1 Å². The van der Waals surface area contributed by atoms with E-state index in [4.69, 9.17) is 5.73 Å². The number of nitrogens with one attached hydrogen (secondary N) is 1. The highest BCUT2D eigenvalue weighted by Crippen LogP contribution is 2.41. The van der Waals surface area contributed by atoms with Crippen LogP contribution in [-0.2, 0) is 4.79 Å². The van der Waals surface area contributed by atoms with E-state index in [0.717, 1.165) is 30.5 Å². The van der Waals surface area contributed by atoms with Crippen molar-refractivity contribution in [1.29, 1.82) is 0 Å². The molecule has 1 aromatic carbocycles. The van der Waals surface area contributed by atoms with E-state index >= 15 is 0 Å². The molecule has 1 amide bonds. The van der Waals surface area contributed by atoms with Crippen LogP contribution in [0.15, 0.2) is 24.3 Å². The standard InChI is InChI=1S/C16H24N2O.ClH/c1-3-16(10-4-5-11-16)15(19)18-14-8-6-13(7-9-14)12(2)17;/h6-9,12H,3-5,10-11,17H2,1-2H3,(H,18,19);1H. The Morgan fingerprint density at radius 2 is 1.85 bits per heavy atom. The van der Waals surface area contributed by atoms with E-state index in [1.807, 2.05) is 31.2 Å². The van der Waals surface area contributed by atoms with E-state index in [0.29, 0.717) is 0 Å². The highest BCUT2D eigenvalue weighted by Gasteiger charge is 2.39. The Labute approximate surface area is 127 Å². The van der Waals surface area contributed by atoms with Crippen LogP contribution in [0, 0.1) is 5.41 Å². The first-order valence-corrected chi connectivity index (χ1v) is 7.24. The van der Waals surface area contributed by atoms with E-state index in [2.05, 4.69) is 12.2 Å². The van der Waals surface area contributed by atoms with Crippen molar-refractivity contribution in [2.75, 3.05) is 5.32 Å². The van der Waals surface area contributed by atoms with Crippen LogP contribution in [0.25, 0.3) is 0 Å². The number of hydrogen-bond acceptors (Lipinski definition) is 2. The summed E-state index contributed by atoms with van der Waals surface area (Å²) in [5.41, 5.74) is 7.64. The van der Waals surface area contributed by atoms with Gasteiger partial charge in [0.2, 0.25) is 5.91 Å². The molecule has 20 heavy (non-hydrogen) atoms. The third-order valence-electron chi connectivity index (χ3n) is 4.41. The molecule has 2 rings (SSSR count). The lowest BCUT2D eigenvalue weighted by Crippen LogP contribution is -2.33. The molecule has 1 aliphatic carbocycles. The highest BCUT2D eigenvalue weighted by atomic mass is 35.5. The molecule has 1 unspecified atom stereocenters. The molecule has 1 fully saturated rings. The maximum absolute atomic E-state index is 12.5. The van der Waals surface area contributed by atoms with Gasteiger partial charge in [0, 0.05) is 17.1 Å². The summed E-state index contributed by atoms with van der Waals surface area (Å²) in [7, 11) is 0. The number of nitrogens with two attached hydrogens (primary N) is 1. The van der Waals surface area contributed by atoms with E-state index in [9.17, 15) is 4.79 Å². The number of halogens is 1. The third kappa shape index (κ3) is 3.53. The quantitative estimate of drug-likeness (QED) is 0.881. The van der Waals surface area contributed by atoms with E-state index in [-0.39, 0.29) is 29.8 Å². The predicted molar refractivity (Wildman–Crippen MR) is 86.1 cm³/mol. The summed E-state index contributed by atoms with van der Waals surface area (Å²) in [4.78, 5) is 12.5.